The third kappa shape index (κ3) is 5.55. The predicted octanol–water partition coefficient (Wildman–Crippen LogP) is 4.27. The zero-order chi connectivity index (χ0) is 25.0. The Hall–Kier alpha value is -3.63. The molecule has 0 bridgehead atoms. The van der Waals surface area contributed by atoms with Crippen LogP contribution in [-0.2, 0) is 19.0 Å². The molecule has 0 unspecified atom stereocenters. The van der Waals surface area contributed by atoms with Crippen molar-refractivity contribution in [1.29, 1.82) is 0 Å². The fraction of sp³-hybridized carbons (Fsp3) is 0.360. The molecule has 3 heterocycles. The first-order valence-electron chi connectivity index (χ1n) is 11.3. The van der Waals surface area contributed by atoms with Crippen molar-refractivity contribution in [2.75, 3.05) is 25.1 Å². The number of rotatable bonds is 8. The lowest BCUT2D eigenvalue weighted by Gasteiger charge is -2.34. The summed E-state index contributed by atoms with van der Waals surface area (Å²) < 4.78 is 30.5. The molecule has 0 amide bonds. The summed E-state index contributed by atoms with van der Waals surface area (Å²) in [5.74, 6) is 0.0998. The van der Waals surface area contributed by atoms with Crippen molar-refractivity contribution in [2.45, 2.75) is 33.1 Å². The third-order valence-corrected chi connectivity index (χ3v) is 5.32. The molecule has 1 fully saturated rings. The summed E-state index contributed by atoms with van der Waals surface area (Å²) in [4.78, 5) is 29.2. The SMILES string of the molecule is C=CCOC(=O)C1(C)COC(c2nc(-c3ccc(F)cc3)c(-c3ccnc(NC(C)C)n3)[nH]2)OC1. The Labute approximate surface area is 202 Å². The number of H-pyrrole nitrogens is 1. The average molecular weight is 482 g/mol. The largest absolute Gasteiger partial charge is 0.461 e. The number of carbonyl (C=O) groups excluding carboxylic acids is 1. The first-order chi connectivity index (χ1) is 16.8. The van der Waals surface area contributed by atoms with Crippen LogP contribution in [0.5, 0.6) is 0 Å². The summed E-state index contributed by atoms with van der Waals surface area (Å²) >= 11 is 0. The summed E-state index contributed by atoms with van der Waals surface area (Å²) in [6.07, 6.45) is 2.32. The molecule has 0 aliphatic carbocycles. The molecular weight excluding hydrogens is 453 g/mol. The standard InChI is InChI=1S/C25H28FN5O4/c1-5-12-33-23(32)25(4)13-34-22(35-14-25)21-30-19(16-6-8-17(26)9-7-16)20(31-21)18-10-11-27-24(29-18)28-15(2)3/h5-11,15,22H,1,12-14H2,2-4H3,(H,30,31)(H,27,28,29). The van der Waals surface area contributed by atoms with Crippen molar-refractivity contribution in [2.24, 2.45) is 5.41 Å². The number of halogens is 1. The van der Waals surface area contributed by atoms with Crippen molar-refractivity contribution in [3.8, 4) is 22.6 Å². The second-order valence-electron chi connectivity index (χ2n) is 8.82. The Bertz CT molecular complexity index is 1190. The molecule has 9 nitrogen and oxygen atoms in total. The van der Waals surface area contributed by atoms with E-state index in [1.54, 1.807) is 31.3 Å². The molecule has 35 heavy (non-hydrogen) atoms. The van der Waals surface area contributed by atoms with E-state index in [0.717, 1.165) is 0 Å². The van der Waals surface area contributed by atoms with E-state index in [1.165, 1.54) is 18.2 Å². The monoisotopic (exact) mass is 481 g/mol. The number of esters is 1. The molecule has 1 aliphatic heterocycles. The molecule has 0 atom stereocenters. The smallest absolute Gasteiger partial charge is 0.316 e. The first-order valence-corrected chi connectivity index (χ1v) is 11.3. The second kappa shape index (κ2) is 10.3. The topological polar surface area (TPSA) is 111 Å². The van der Waals surface area contributed by atoms with Crippen LogP contribution < -0.4 is 5.32 Å². The summed E-state index contributed by atoms with van der Waals surface area (Å²) in [7, 11) is 0. The number of hydrogen-bond donors (Lipinski definition) is 2. The van der Waals surface area contributed by atoms with E-state index in [4.69, 9.17) is 19.2 Å². The summed E-state index contributed by atoms with van der Waals surface area (Å²) in [6.45, 7) is 9.55. The lowest BCUT2D eigenvalue weighted by molar-refractivity contribution is -0.238. The Morgan fingerprint density at radius 3 is 2.66 bits per heavy atom. The van der Waals surface area contributed by atoms with Crippen LogP contribution in [0.4, 0.5) is 10.3 Å². The van der Waals surface area contributed by atoms with Gasteiger partial charge in [0.15, 0.2) is 5.82 Å². The lowest BCUT2D eigenvalue weighted by Crippen LogP contribution is -2.43. The molecule has 1 aromatic carbocycles. The van der Waals surface area contributed by atoms with Crippen LogP contribution in [0.15, 0.2) is 49.2 Å². The van der Waals surface area contributed by atoms with E-state index >= 15 is 0 Å². The van der Waals surface area contributed by atoms with Gasteiger partial charge < -0.3 is 24.5 Å². The lowest BCUT2D eigenvalue weighted by atomic mass is 9.92. The van der Waals surface area contributed by atoms with E-state index in [9.17, 15) is 9.18 Å². The van der Waals surface area contributed by atoms with E-state index in [0.29, 0.717) is 34.4 Å². The number of benzene rings is 1. The fourth-order valence-electron chi connectivity index (χ4n) is 3.52. The Morgan fingerprint density at radius 2 is 2.00 bits per heavy atom. The maximum Gasteiger partial charge on any atom is 0.316 e. The fourth-order valence-corrected chi connectivity index (χ4v) is 3.52. The molecule has 0 radical (unpaired) electrons. The first kappa shape index (κ1) is 24.5. The number of nitrogens with one attached hydrogen (secondary N) is 2. The number of aromatic nitrogens is 4. The van der Waals surface area contributed by atoms with E-state index in [2.05, 4.69) is 26.8 Å². The maximum atomic E-state index is 13.6. The van der Waals surface area contributed by atoms with Crippen LogP contribution in [0.25, 0.3) is 22.6 Å². The highest BCUT2D eigenvalue weighted by Gasteiger charge is 2.42. The average Bonchev–Trinajstić information content (AvgIpc) is 3.28. The highest BCUT2D eigenvalue weighted by Crippen LogP contribution is 2.36. The van der Waals surface area contributed by atoms with Crippen LogP contribution >= 0.6 is 0 Å². The van der Waals surface area contributed by atoms with Crippen molar-refractivity contribution in [3.05, 3.63) is 60.8 Å². The maximum absolute atomic E-state index is 13.6. The molecule has 1 saturated heterocycles. The zero-order valence-corrected chi connectivity index (χ0v) is 19.9. The zero-order valence-electron chi connectivity index (χ0n) is 19.9. The highest BCUT2D eigenvalue weighted by atomic mass is 19.1. The normalized spacial score (nSPS) is 20.0. The van der Waals surface area contributed by atoms with Crippen molar-refractivity contribution in [3.63, 3.8) is 0 Å². The number of anilines is 1. The minimum Gasteiger partial charge on any atom is -0.461 e. The van der Waals surface area contributed by atoms with Crippen LogP contribution in [-0.4, -0.2) is 51.8 Å². The molecule has 0 saturated carbocycles. The van der Waals surface area contributed by atoms with Gasteiger partial charge in [0.25, 0.3) is 0 Å². The Balaban J connectivity index is 1.64. The summed E-state index contributed by atoms with van der Waals surface area (Å²) in [6, 6.07) is 7.92. The van der Waals surface area contributed by atoms with Gasteiger partial charge in [-0.3, -0.25) is 4.79 Å². The molecule has 184 valence electrons. The van der Waals surface area contributed by atoms with Crippen molar-refractivity contribution >= 4 is 11.9 Å². The minimum absolute atomic E-state index is 0.0888. The molecular formula is C25H28FN5O4. The van der Waals surface area contributed by atoms with Crippen LogP contribution in [0.2, 0.25) is 0 Å². The minimum atomic E-state index is -0.946. The van der Waals surface area contributed by atoms with Gasteiger partial charge in [-0.25, -0.2) is 19.3 Å². The van der Waals surface area contributed by atoms with Gasteiger partial charge in [-0.05, 0) is 51.1 Å². The number of hydrogen-bond acceptors (Lipinski definition) is 8. The molecule has 2 N–H and O–H groups in total. The third-order valence-electron chi connectivity index (χ3n) is 5.32. The molecule has 0 spiro atoms. The summed E-state index contributed by atoms with van der Waals surface area (Å²) in [5.41, 5.74) is 1.50. The molecule has 10 heteroatoms. The van der Waals surface area contributed by atoms with Crippen LogP contribution in [0, 0.1) is 11.2 Å². The van der Waals surface area contributed by atoms with Gasteiger partial charge >= 0.3 is 5.97 Å². The van der Waals surface area contributed by atoms with Crippen LogP contribution in [0.1, 0.15) is 32.9 Å². The van der Waals surface area contributed by atoms with Crippen LogP contribution in [0.3, 0.4) is 0 Å². The van der Waals surface area contributed by atoms with Gasteiger partial charge in [0, 0.05) is 17.8 Å². The van der Waals surface area contributed by atoms with Gasteiger partial charge in [-0.2, -0.15) is 0 Å². The predicted molar refractivity (Wildman–Crippen MR) is 128 cm³/mol. The Kier molecular flexibility index (Phi) is 7.23. The summed E-state index contributed by atoms with van der Waals surface area (Å²) in [5, 5.41) is 3.18. The molecule has 2 aromatic heterocycles. The van der Waals surface area contributed by atoms with E-state index in [-0.39, 0.29) is 31.7 Å². The van der Waals surface area contributed by atoms with Crippen molar-refractivity contribution < 1.29 is 23.4 Å². The van der Waals surface area contributed by atoms with E-state index in [1.807, 2.05) is 13.8 Å². The van der Waals surface area contributed by atoms with Gasteiger partial charge in [0.1, 0.15) is 17.8 Å². The van der Waals surface area contributed by atoms with E-state index < -0.39 is 17.7 Å². The highest BCUT2D eigenvalue weighted by molar-refractivity contribution is 5.78. The van der Waals surface area contributed by atoms with Gasteiger partial charge in [-0.15, -0.1) is 0 Å². The number of aromatic amines is 1. The number of ether oxygens (including phenoxy) is 3. The molecule has 1 aliphatic rings. The molecule has 4 rings (SSSR count). The van der Waals surface area contributed by atoms with Gasteiger partial charge in [-0.1, -0.05) is 12.7 Å². The number of imidazole rings is 1. The van der Waals surface area contributed by atoms with Gasteiger partial charge in [0.2, 0.25) is 12.2 Å². The van der Waals surface area contributed by atoms with Gasteiger partial charge in [0.05, 0.1) is 30.3 Å². The number of carbonyl (C=O) groups is 1. The van der Waals surface area contributed by atoms with Crippen molar-refractivity contribution in [1.82, 2.24) is 19.9 Å². The number of nitrogens with zero attached hydrogens (tertiary/aromatic N) is 3. The molecule has 3 aromatic rings. The quantitative estimate of drug-likeness (QED) is 0.362. The Morgan fingerprint density at radius 1 is 1.29 bits per heavy atom. The second-order valence-corrected chi connectivity index (χ2v) is 8.82.